The van der Waals surface area contributed by atoms with Crippen LogP contribution >= 0.6 is 0 Å². The summed E-state index contributed by atoms with van der Waals surface area (Å²) in [6.07, 6.45) is 9.13. The van der Waals surface area contributed by atoms with Gasteiger partial charge in [0.25, 0.3) is 0 Å². The van der Waals surface area contributed by atoms with Crippen molar-refractivity contribution in [2.45, 2.75) is 89.5 Å². The first-order valence-electron chi connectivity index (χ1n) is 15.8. The van der Waals surface area contributed by atoms with Crippen LogP contribution in [0, 0.1) is 17.3 Å². The zero-order chi connectivity index (χ0) is 30.1. The van der Waals surface area contributed by atoms with Crippen LogP contribution in [0.15, 0.2) is 24.5 Å². The van der Waals surface area contributed by atoms with Crippen molar-refractivity contribution in [3.8, 4) is 17.7 Å². The quantitative estimate of drug-likeness (QED) is 0.237. The Morgan fingerprint density at radius 1 is 1.07 bits per heavy atom. The predicted molar refractivity (Wildman–Crippen MR) is 169 cm³/mol. The number of ether oxygens (including phenoxy) is 3. The molecule has 1 N–H and O–H groups in total. The highest BCUT2D eigenvalue weighted by Gasteiger charge is 2.41. The van der Waals surface area contributed by atoms with E-state index in [4.69, 9.17) is 24.3 Å². The molecule has 1 aliphatic carbocycles. The minimum Gasteiger partial charge on any atom is -0.381 e. The number of rotatable bonds is 7. The molecule has 1 atom stereocenters. The summed E-state index contributed by atoms with van der Waals surface area (Å²) in [5.41, 5.74) is 0.842. The summed E-state index contributed by atoms with van der Waals surface area (Å²) in [7, 11) is -1.19. The van der Waals surface area contributed by atoms with Crippen molar-refractivity contribution in [3.63, 3.8) is 0 Å². The second kappa shape index (κ2) is 12.3. The van der Waals surface area contributed by atoms with E-state index >= 15 is 0 Å². The van der Waals surface area contributed by atoms with Gasteiger partial charge in [-0.2, -0.15) is 14.9 Å². The van der Waals surface area contributed by atoms with Crippen LogP contribution in [-0.2, 0) is 20.9 Å². The molecule has 1 saturated carbocycles. The summed E-state index contributed by atoms with van der Waals surface area (Å²) in [4.78, 5) is 7.39. The van der Waals surface area contributed by atoms with E-state index in [1.807, 2.05) is 27.7 Å². The van der Waals surface area contributed by atoms with E-state index in [-0.39, 0.29) is 6.04 Å². The van der Waals surface area contributed by atoms with Crippen molar-refractivity contribution < 1.29 is 19.3 Å². The minimum atomic E-state index is -1.19. The summed E-state index contributed by atoms with van der Waals surface area (Å²) < 4.78 is 21.0. The highest BCUT2D eigenvalue weighted by Crippen LogP contribution is 2.47. The van der Waals surface area contributed by atoms with Crippen molar-refractivity contribution in [1.29, 1.82) is 0 Å². The van der Waals surface area contributed by atoms with Gasteiger partial charge in [0.05, 0.1) is 37.0 Å². The number of hydrogen-bond donors (Lipinski definition) is 1. The average Bonchev–Trinajstić information content (AvgIpc) is 3.63. The molecule has 43 heavy (non-hydrogen) atoms. The van der Waals surface area contributed by atoms with Crippen LogP contribution in [0.25, 0.3) is 16.9 Å². The van der Waals surface area contributed by atoms with E-state index in [0.717, 1.165) is 74.1 Å². The van der Waals surface area contributed by atoms with Gasteiger partial charge in [0, 0.05) is 46.1 Å². The molecule has 3 aromatic heterocycles. The number of fused-ring (bicyclic) bond motifs is 1. The largest absolute Gasteiger partial charge is 0.381 e. The number of morpholine rings is 1. The van der Waals surface area contributed by atoms with Gasteiger partial charge in [-0.15, -0.1) is 0 Å². The maximum absolute atomic E-state index is 11.5. The minimum absolute atomic E-state index is 0.180. The molecule has 0 unspecified atom stereocenters. The van der Waals surface area contributed by atoms with Crippen LogP contribution in [0.5, 0.6) is 0 Å². The van der Waals surface area contributed by atoms with Crippen molar-refractivity contribution in [2.75, 3.05) is 44.5 Å². The zero-order valence-corrected chi connectivity index (χ0v) is 27.1. The third-order valence-electron chi connectivity index (χ3n) is 9.43. The highest BCUT2D eigenvalue weighted by molar-refractivity contribution is 6.76. The summed E-state index contributed by atoms with van der Waals surface area (Å²) in [5, 5.41) is 21.7. The summed E-state index contributed by atoms with van der Waals surface area (Å²) in [6.45, 7) is 14.0. The van der Waals surface area contributed by atoms with Crippen LogP contribution in [0.1, 0.15) is 51.0 Å². The van der Waals surface area contributed by atoms with Gasteiger partial charge < -0.3 is 24.2 Å². The predicted octanol–water partition coefficient (Wildman–Crippen LogP) is 4.61. The first-order chi connectivity index (χ1) is 20.6. The Hall–Kier alpha value is -2.75. The van der Waals surface area contributed by atoms with E-state index in [1.165, 1.54) is 0 Å². The first kappa shape index (κ1) is 30.3. The monoisotopic (exact) mass is 606 g/mol. The molecule has 5 heterocycles. The molecule has 11 heteroatoms. The fourth-order valence-corrected chi connectivity index (χ4v) is 7.17. The van der Waals surface area contributed by atoms with Crippen molar-refractivity contribution >= 4 is 24.9 Å². The lowest BCUT2D eigenvalue weighted by Crippen LogP contribution is -2.44. The number of pyridine rings is 1. The Kier molecular flexibility index (Phi) is 8.68. The second-order valence-corrected chi connectivity index (χ2v) is 19.5. The number of aliphatic hydroxyl groups is 1. The molecule has 3 aliphatic rings. The first-order valence-corrected chi connectivity index (χ1v) is 19.5. The van der Waals surface area contributed by atoms with Gasteiger partial charge >= 0.3 is 0 Å². The molecule has 2 aliphatic heterocycles. The number of aromatic nitrogens is 5. The Morgan fingerprint density at radius 2 is 1.86 bits per heavy atom. The molecule has 1 spiro atoms. The summed E-state index contributed by atoms with van der Waals surface area (Å²) in [5.74, 6) is 8.32. The smallest absolute Gasteiger partial charge is 0.168 e. The Bertz CT molecular complexity index is 1470. The molecular weight excluding hydrogens is 560 g/mol. The van der Waals surface area contributed by atoms with E-state index in [2.05, 4.69) is 48.4 Å². The Morgan fingerprint density at radius 3 is 2.60 bits per heavy atom. The topological polar surface area (TPSA) is 99.7 Å². The molecule has 0 bridgehead atoms. The van der Waals surface area contributed by atoms with Crippen LogP contribution < -0.4 is 4.90 Å². The average molecular weight is 607 g/mol. The van der Waals surface area contributed by atoms with Gasteiger partial charge in [-0.3, -0.25) is 0 Å². The molecule has 0 amide bonds. The summed E-state index contributed by atoms with van der Waals surface area (Å²) >= 11 is 0. The fraction of sp³-hybridized carbons (Fsp3) is 0.656. The molecule has 232 valence electrons. The third-order valence-corrected chi connectivity index (χ3v) is 11.1. The molecule has 6 rings (SSSR count). The number of hydrogen-bond acceptors (Lipinski definition) is 8. The Labute approximate surface area is 255 Å². The van der Waals surface area contributed by atoms with Gasteiger partial charge in [-0.05, 0) is 63.0 Å². The van der Waals surface area contributed by atoms with Crippen LogP contribution in [0.4, 0.5) is 5.82 Å². The van der Waals surface area contributed by atoms with E-state index < -0.39 is 13.7 Å². The molecule has 10 nitrogen and oxygen atoms in total. The third kappa shape index (κ3) is 6.84. The number of anilines is 1. The molecule has 0 aromatic carbocycles. The molecular formula is C32H46N6O4Si. The SMILES string of the molecule is C[C@@H]1COCCN1c1cc(C#CC2(O)CCC3(CCOCC3)CC2)c2cnn(-c3ccnn3COCC[Si](C)(C)C)c2n1. The summed E-state index contributed by atoms with van der Waals surface area (Å²) in [6, 6.07) is 5.26. The maximum atomic E-state index is 11.5. The molecule has 3 fully saturated rings. The van der Waals surface area contributed by atoms with E-state index in [9.17, 15) is 5.11 Å². The normalized spacial score (nSPS) is 22.1. The Balaban J connectivity index is 1.31. The van der Waals surface area contributed by atoms with E-state index in [1.54, 1.807) is 6.20 Å². The standard InChI is InChI=1S/C32H46N6O4Si/c1-25-23-41-18-15-36(25)28-21-26(5-7-32(39)10-8-31(9-11-32)12-16-40-17-13-31)27-22-34-38(30(27)35-28)29-6-14-33-37(29)24-42-19-20-43(2,3)4/h6,14,21-22,25,39H,8-13,15-20,23-24H2,1-4H3/t25-/m1/s1. The van der Waals surface area contributed by atoms with Crippen molar-refractivity contribution in [2.24, 2.45) is 5.41 Å². The van der Waals surface area contributed by atoms with Gasteiger partial charge in [-0.1, -0.05) is 31.5 Å². The number of nitrogens with zero attached hydrogens (tertiary/aromatic N) is 6. The second-order valence-electron chi connectivity index (χ2n) is 13.9. The lowest BCUT2D eigenvalue weighted by atomic mass is 9.65. The van der Waals surface area contributed by atoms with Gasteiger partial charge in [-0.25, -0.2) is 9.67 Å². The van der Waals surface area contributed by atoms with Crippen molar-refractivity contribution in [3.05, 3.63) is 30.1 Å². The molecule has 2 saturated heterocycles. The van der Waals surface area contributed by atoms with Gasteiger partial charge in [0.15, 0.2) is 11.5 Å². The molecule has 3 aromatic rings. The fourth-order valence-electron chi connectivity index (χ4n) is 6.41. The maximum Gasteiger partial charge on any atom is 0.168 e. The lowest BCUT2D eigenvalue weighted by molar-refractivity contribution is -0.0473. The van der Waals surface area contributed by atoms with Gasteiger partial charge in [0.1, 0.15) is 18.1 Å². The lowest BCUT2D eigenvalue weighted by Gasteiger charge is -2.44. The van der Waals surface area contributed by atoms with Gasteiger partial charge in [0.2, 0.25) is 0 Å². The van der Waals surface area contributed by atoms with Crippen LogP contribution in [-0.4, -0.2) is 88.9 Å². The van der Waals surface area contributed by atoms with Crippen LogP contribution in [0.3, 0.4) is 0 Å². The highest BCUT2D eigenvalue weighted by atomic mass is 28.3. The van der Waals surface area contributed by atoms with E-state index in [0.29, 0.717) is 50.5 Å². The van der Waals surface area contributed by atoms with Crippen molar-refractivity contribution in [1.82, 2.24) is 24.5 Å². The zero-order valence-electron chi connectivity index (χ0n) is 26.1. The van der Waals surface area contributed by atoms with Crippen LogP contribution in [0.2, 0.25) is 25.7 Å². The molecule has 0 radical (unpaired) electrons.